The Hall–Kier alpha value is -2.37. The van der Waals surface area contributed by atoms with E-state index in [0.29, 0.717) is 23.1 Å². The van der Waals surface area contributed by atoms with Crippen LogP contribution in [-0.2, 0) is 28.9 Å². The first-order valence-corrected chi connectivity index (χ1v) is 9.97. The molecule has 0 unspecified atom stereocenters. The van der Waals surface area contributed by atoms with Crippen LogP contribution in [-0.4, -0.2) is 10.1 Å². The van der Waals surface area contributed by atoms with Crippen molar-refractivity contribution in [3.05, 3.63) is 94.4 Å². The molecule has 1 N–H and O–H groups in total. The van der Waals surface area contributed by atoms with E-state index in [0.717, 1.165) is 11.1 Å². The molecule has 6 heteroatoms. The summed E-state index contributed by atoms with van der Waals surface area (Å²) < 4.78 is 17.8. The highest BCUT2D eigenvalue weighted by Crippen LogP contribution is 2.15. The maximum Gasteiger partial charge on any atom is 0.287 e. The number of carbonyl (C=O) groups excluding carboxylic acids is 1. The first kappa shape index (κ1) is 18.4. The van der Waals surface area contributed by atoms with Crippen molar-refractivity contribution in [3.63, 3.8) is 0 Å². The van der Waals surface area contributed by atoms with Crippen molar-refractivity contribution in [1.29, 1.82) is 0 Å². The molecule has 0 saturated carbocycles. The third-order valence-corrected chi connectivity index (χ3v) is 5.24. The molecule has 2 aromatic carbocycles. The summed E-state index contributed by atoms with van der Waals surface area (Å²) in [4.78, 5) is 12.1. The van der Waals surface area contributed by atoms with Crippen LogP contribution in [0.4, 0.5) is 0 Å². The lowest BCUT2D eigenvalue weighted by Crippen LogP contribution is -2.22. The SMILES string of the molecule is O=C(NCc1ccccc1)c1ccc(C[S@](=O)Cc2ccc(Cl)cc2)o1. The molecule has 0 spiro atoms. The summed E-state index contributed by atoms with van der Waals surface area (Å²) in [5, 5.41) is 3.46. The van der Waals surface area contributed by atoms with Gasteiger partial charge < -0.3 is 9.73 Å². The van der Waals surface area contributed by atoms with E-state index in [2.05, 4.69) is 5.32 Å². The smallest absolute Gasteiger partial charge is 0.287 e. The summed E-state index contributed by atoms with van der Waals surface area (Å²) >= 11 is 5.85. The number of halogens is 1. The summed E-state index contributed by atoms with van der Waals surface area (Å²) in [6.45, 7) is 0.429. The number of hydrogen-bond acceptors (Lipinski definition) is 3. The minimum atomic E-state index is -1.13. The lowest BCUT2D eigenvalue weighted by Gasteiger charge is -2.03. The minimum Gasteiger partial charge on any atom is -0.455 e. The molecule has 0 fully saturated rings. The average Bonchev–Trinajstić information content (AvgIpc) is 3.11. The van der Waals surface area contributed by atoms with Crippen molar-refractivity contribution in [3.8, 4) is 0 Å². The molecule has 26 heavy (non-hydrogen) atoms. The van der Waals surface area contributed by atoms with Crippen LogP contribution in [0.2, 0.25) is 5.02 Å². The molecule has 1 aromatic heterocycles. The molecule has 134 valence electrons. The van der Waals surface area contributed by atoms with Gasteiger partial charge in [0.2, 0.25) is 0 Å². The normalized spacial score (nSPS) is 11.9. The maximum atomic E-state index is 12.3. The predicted octanol–water partition coefficient (Wildman–Crippen LogP) is 4.31. The number of rotatable bonds is 7. The van der Waals surface area contributed by atoms with Crippen molar-refractivity contribution in [2.45, 2.75) is 18.1 Å². The Morgan fingerprint density at radius 2 is 1.65 bits per heavy atom. The Morgan fingerprint density at radius 1 is 0.923 bits per heavy atom. The monoisotopic (exact) mass is 387 g/mol. The summed E-state index contributed by atoms with van der Waals surface area (Å²) in [7, 11) is -1.13. The summed E-state index contributed by atoms with van der Waals surface area (Å²) in [6, 6.07) is 20.2. The Morgan fingerprint density at radius 3 is 2.38 bits per heavy atom. The van der Waals surface area contributed by atoms with Crippen LogP contribution in [0.1, 0.15) is 27.4 Å². The lowest BCUT2D eigenvalue weighted by molar-refractivity contribution is 0.0921. The molecule has 0 aliphatic rings. The fourth-order valence-electron chi connectivity index (χ4n) is 2.42. The van der Waals surface area contributed by atoms with E-state index in [9.17, 15) is 9.00 Å². The minimum absolute atomic E-state index is 0.222. The highest BCUT2D eigenvalue weighted by Gasteiger charge is 2.13. The fourth-order valence-corrected chi connectivity index (χ4v) is 3.68. The van der Waals surface area contributed by atoms with E-state index >= 15 is 0 Å². The molecular formula is C20H18ClNO3S. The molecule has 4 nitrogen and oxygen atoms in total. The van der Waals surface area contributed by atoms with Gasteiger partial charge in [-0.05, 0) is 35.4 Å². The second-order valence-corrected chi connectivity index (χ2v) is 7.68. The quantitative estimate of drug-likeness (QED) is 0.657. The van der Waals surface area contributed by atoms with Crippen LogP contribution in [0.5, 0.6) is 0 Å². The molecule has 3 rings (SSSR count). The Balaban J connectivity index is 1.52. The van der Waals surface area contributed by atoms with Gasteiger partial charge in [-0.15, -0.1) is 0 Å². The van der Waals surface area contributed by atoms with Crippen LogP contribution in [0.3, 0.4) is 0 Å². The average molecular weight is 388 g/mol. The number of carbonyl (C=O) groups is 1. The number of benzene rings is 2. The van der Waals surface area contributed by atoms with Crippen molar-refractivity contribution in [2.24, 2.45) is 0 Å². The largest absolute Gasteiger partial charge is 0.455 e. The molecule has 0 aliphatic heterocycles. The van der Waals surface area contributed by atoms with Gasteiger partial charge in [0.05, 0.1) is 5.75 Å². The van der Waals surface area contributed by atoms with Crippen molar-refractivity contribution >= 4 is 28.3 Å². The number of hydrogen-bond donors (Lipinski definition) is 1. The Labute approximate surface area is 159 Å². The third-order valence-electron chi connectivity index (χ3n) is 3.73. The van der Waals surface area contributed by atoms with Gasteiger partial charge in [-0.1, -0.05) is 54.1 Å². The van der Waals surface area contributed by atoms with Gasteiger partial charge in [0.1, 0.15) is 5.76 Å². The van der Waals surface area contributed by atoms with Crippen LogP contribution >= 0.6 is 11.6 Å². The standard InChI is InChI=1S/C20H18ClNO3S/c21-17-8-6-16(7-9-17)13-26(24)14-18-10-11-19(25-18)20(23)22-12-15-4-2-1-3-5-15/h1-11H,12-14H2,(H,22,23)/t26-/m1/s1. The third kappa shape index (κ3) is 5.31. The predicted molar refractivity (Wildman–Crippen MR) is 103 cm³/mol. The zero-order chi connectivity index (χ0) is 18.4. The van der Waals surface area contributed by atoms with Gasteiger partial charge in [-0.2, -0.15) is 0 Å². The van der Waals surface area contributed by atoms with Crippen molar-refractivity contribution < 1.29 is 13.4 Å². The molecule has 0 radical (unpaired) electrons. The van der Waals surface area contributed by atoms with E-state index < -0.39 is 10.8 Å². The van der Waals surface area contributed by atoms with E-state index in [1.54, 1.807) is 24.3 Å². The first-order valence-electron chi connectivity index (χ1n) is 8.10. The second kappa shape index (κ2) is 8.83. The zero-order valence-corrected chi connectivity index (χ0v) is 15.6. The zero-order valence-electron chi connectivity index (χ0n) is 14.0. The maximum absolute atomic E-state index is 12.3. The van der Waals surface area contributed by atoms with Gasteiger partial charge in [0, 0.05) is 28.1 Å². The van der Waals surface area contributed by atoms with E-state index in [-0.39, 0.29) is 17.4 Å². The van der Waals surface area contributed by atoms with Crippen LogP contribution in [0, 0.1) is 0 Å². The van der Waals surface area contributed by atoms with E-state index in [1.165, 1.54) is 0 Å². The van der Waals surface area contributed by atoms with Crippen LogP contribution < -0.4 is 5.32 Å². The van der Waals surface area contributed by atoms with Gasteiger partial charge in [0.25, 0.3) is 5.91 Å². The number of amides is 1. The van der Waals surface area contributed by atoms with Crippen LogP contribution in [0.25, 0.3) is 0 Å². The molecule has 3 aromatic rings. The molecular weight excluding hydrogens is 370 g/mol. The van der Waals surface area contributed by atoms with Crippen molar-refractivity contribution in [1.82, 2.24) is 5.32 Å². The Bertz CT molecular complexity index is 891. The van der Waals surface area contributed by atoms with Gasteiger partial charge in [-0.3, -0.25) is 9.00 Å². The fraction of sp³-hybridized carbons (Fsp3) is 0.150. The molecule has 1 heterocycles. The first-order chi connectivity index (χ1) is 12.6. The summed E-state index contributed by atoms with van der Waals surface area (Å²) in [6.07, 6.45) is 0. The van der Waals surface area contributed by atoms with Crippen molar-refractivity contribution in [2.75, 3.05) is 0 Å². The summed E-state index contributed by atoms with van der Waals surface area (Å²) in [5.41, 5.74) is 1.96. The molecule has 0 aliphatic carbocycles. The topological polar surface area (TPSA) is 59.3 Å². The molecule has 1 atom stereocenters. The summed E-state index contributed by atoms with van der Waals surface area (Å²) in [5.74, 6) is 1.13. The number of nitrogens with one attached hydrogen (secondary N) is 1. The lowest BCUT2D eigenvalue weighted by atomic mass is 10.2. The second-order valence-electron chi connectivity index (χ2n) is 5.79. The van der Waals surface area contributed by atoms with E-state index in [1.807, 2.05) is 42.5 Å². The van der Waals surface area contributed by atoms with Gasteiger partial charge in [0.15, 0.2) is 5.76 Å². The number of furan rings is 1. The van der Waals surface area contributed by atoms with Gasteiger partial charge in [-0.25, -0.2) is 0 Å². The Kier molecular flexibility index (Phi) is 6.26. The molecule has 0 bridgehead atoms. The van der Waals surface area contributed by atoms with Gasteiger partial charge >= 0.3 is 0 Å². The van der Waals surface area contributed by atoms with E-state index in [4.69, 9.17) is 16.0 Å². The highest BCUT2D eigenvalue weighted by atomic mass is 35.5. The molecule has 0 saturated heterocycles. The van der Waals surface area contributed by atoms with Crippen LogP contribution in [0.15, 0.2) is 71.1 Å². The highest BCUT2D eigenvalue weighted by molar-refractivity contribution is 7.83. The molecule has 1 amide bonds.